The molecular formula is C53H36FN. The second-order valence-corrected chi connectivity index (χ2v) is 14.6. The smallest absolute Gasteiger partial charge is 0.123 e. The Hall–Kier alpha value is -6.90. The first-order chi connectivity index (χ1) is 27.1. The van der Waals surface area contributed by atoms with Gasteiger partial charge in [0.2, 0.25) is 0 Å². The Labute approximate surface area is 320 Å². The van der Waals surface area contributed by atoms with E-state index in [1.165, 1.54) is 54.9 Å². The van der Waals surface area contributed by atoms with E-state index in [4.69, 9.17) is 4.99 Å². The van der Waals surface area contributed by atoms with Crippen molar-refractivity contribution >= 4 is 45.6 Å². The molecule has 0 bridgehead atoms. The molecule has 2 unspecified atom stereocenters. The summed E-state index contributed by atoms with van der Waals surface area (Å²) in [5.74, 6) is 0.247. The van der Waals surface area contributed by atoms with E-state index in [2.05, 4.69) is 176 Å². The van der Waals surface area contributed by atoms with Crippen LogP contribution in [0.25, 0.3) is 72.8 Å². The number of hydrogen-bond acceptors (Lipinski definition) is 1. The molecule has 1 nitrogen and oxygen atoms in total. The van der Waals surface area contributed by atoms with Gasteiger partial charge in [0.25, 0.3) is 0 Å². The molecule has 0 aromatic heterocycles. The summed E-state index contributed by atoms with van der Waals surface area (Å²) in [5.41, 5.74) is 14.5. The molecule has 0 radical (unpaired) electrons. The van der Waals surface area contributed by atoms with E-state index in [0.717, 1.165) is 39.1 Å². The van der Waals surface area contributed by atoms with Crippen molar-refractivity contribution in [3.05, 3.63) is 222 Å². The fourth-order valence-electron chi connectivity index (χ4n) is 8.46. The van der Waals surface area contributed by atoms with Crippen molar-refractivity contribution < 1.29 is 4.39 Å². The Morgan fingerprint density at radius 1 is 0.491 bits per heavy atom. The average Bonchev–Trinajstić information content (AvgIpc) is 3.25. The molecule has 0 fully saturated rings. The Morgan fingerprint density at radius 2 is 1.11 bits per heavy atom. The van der Waals surface area contributed by atoms with Gasteiger partial charge in [0, 0.05) is 29.2 Å². The van der Waals surface area contributed by atoms with Gasteiger partial charge in [-0.1, -0.05) is 158 Å². The van der Waals surface area contributed by atoms with Gasteiger partial charge in [-0.15, -0.1) is 0 Å². The van der Waals surface area contributed by atoms with Gasteiger partial charge in [-0.3, -0.25) is 4.99 Å². The second-order valence-electron chi connectivity index (χ2n) is 14.6. The second kappa shape index (κ2) is 13.5. The molecule has 0 heterocycles. The SMILES string of the molecule is C=C(N=Cc1cc2ccccc2c2ccccc12)c1cccc(-c2cccc(-c3ccc(-c4ccc5c(c4)C4C=Cc6cc(F)ccc6C4C=C5)cc3)c2)c1. The largest absolute Gasteiger partial charge is 0.256 e. The van der Waals surface area contributed by atoms with Gasteiger partial charge in [0.05, 0.1) is 5.70 Å². The van der Waals surface area contributed by atoms with Crippen LogP contribution in [0.15, 0.2) is 188 Å². The maximum absolute atomic E-state index is 13.9. The molecule has 2 aliphatic rings. The van der Waals surface area contributed by atoms with Crippen LogP contribution >= 0.6 is 0 Å². The van der Waals surface area contributed by atoms with E-state index in [0.29, 0.717) is 0 Å². The minimum absolute atomic E-state index is 0.191. The van der Waals surface area contributed by atoms with E-state index in [-0.39, 0.29) is 17.7 Å². The molecule has 2 heteroatoms. The van der Waals surface area contributed by atoms with Crippen LogP contribution in [0.2, 0.25) is 0 Å². The predicted octanol–water partition coefficient (Wildman–Crippen LogP) is 14.1. The van der Waals surface area contributed by atoms with Gasteiger partial charge >= 0.3 is 0 Å². The zero-order valence-electron chi connectivity index (χ0n) is 30.2. The van der Waals surface area contributed by atoms with Crippen LogP contribution in [-0.2, 0) is 0 Å². The first-order valence-corrected chi connectivity index (χ1v) is 18.8. The predicted molar refractivity (Wildman–Crippen MR) is 231 cm³/mol. The van der Waals surface area contributed by atoms with E-state index < -0.39 is 0 Å². The van der Waals surface area contributed by atoms with Gasteiger partial charge in [-0.25, -0.2) is 4.39 Å². The van der Waals surface area contributed by atoms with Crippen LogP contribution in [0, 0.1) is 5.82 Å². The van der Waals surface area contributed by atoms with Crippen LogP contribution in [-0.4, -0.2) is 6.21 Å². The molecule has 260 valence electrons. The topological polar surface area (TPSA) is 12.4 Å². The maximum Gasteiger partial charge on any atom is 0.123 e. The summed E-state index contributed by atoms with van der Waals surface area (Å²) in [4.78, 5) is 4.87. The third kappa shape index (κ3) is 6.02. The molecule has 0 spiro atoms. The van der Waals surface area contributed by atoms with Crippen molar-refractivity contribution in [3.63, 3.8) is 0 Å². The van der Waals surface area contributed by atoms with Gasteiger partial charge in [-0.2, -0.15) is 0 Å². The van der Waals surface area contributed by atoms with E-state index >= 15 is 0 Å². The van der Waals surface area contributed by atoms with Crippen LogP contribution in [0.4, 0.5) is 4.39 Å². The number of benzene rings is 8. The number of halogens is 1. The lowest BCUT2D eigenvalue weighted by Crippen LogP contribution is -2.16. The Kier molecular flexibility index (Phi) is 8.03. The third-order valence-electron chi connectivity index (χ3n) is 11.3. The van der Waals surface area contributed by atoms with Crippen molar-refractivity contribution in [2.24, 2.45) is 4.99 Å². The average molecular weight is 706 g/mol. The molecule has 8 aromatic rings. The fraction of sp³-hybridized carbons (Fsp3) is 0.0377. The Morgan fingerprint density at radius 3 is 1.91 bits per heavy atom. The first kappa shape index (κ1) is 32.7. The summed E-state index contributed by atoms with van der Waals surface area (Å²) in [7, 11) is 0. The minimum Gasteiger partial charge on any atom is -0.256 e. The maximum atomic E-state index is 13.9. The normalized spacial score (nSPS) is 15.6. The molecule has 10 rings (SSSR count). The van der Waals surface area contributed by atoms with Crippen LogP contribution in [0.5, 0.6) is 0 Å². The van der Waals surface area contributed by atoms with Crippen molar-refractivity contribution in [3.8, 4) is 33.4 Å². The highest BCUT2D eigenvalue weighted by atomic mass is 19.1. The Bertz CT molecular complexity index is 2910. The molecule has 2 aliphatic carbocycles. The number of hydrogen-bond donors (Lipinski definition) is 0. The molecule has 0 saturated heterocycles. The van der Waals surface area contributed by atoms with Crippen molar-refractivity contribution in [2.45, 2.75) is 11.8 Å². The molecule has 8 aromatic carbocycles. The minimum atomic E-state index is -0.191. The zero-order valence-corrected chi connectivity index (χ0v) is 30.2. The monoisotopic (exact) mass is 705 g/mol. The highest BCUT2D eigenvalue weighted by Gasteiger charge is 2.30. The van der Waals surface area contributed by atoms with E-state index in [9.17, 15) is 4.39 Å². The molecule has 0 amide bonds. The molecule has 55 heavy (non-hydrogen) atoms. The first-order valence-electron chi connectivity index (χ1n) is 18.8. The molecular weight excluding hydrogens is 670 g/mol. The number of rotatable bonds is 6. The molecule has 0 N–H and O–H groups in total. The number of aliphatic imine (C=N–C) groups is 1. The van der Waals surface area contributed by atoms with Crippen molar-refractivity contribution in [1.82, 2.24) is 0 Å². The highest BCUT2D eigenvalue weighted by molar-refractivity contribution is 6.14. The van der Waals surface area contributed by atoms with Gasteiger partial charge < -0.3 is 0 Å². The summed E-state index contributed by atoms with van der Waals surface area (Å²) in [6.45, 7) is 4.35. The molecule has 0 saturated carbocycles. The number of allylic oxidation sites excluding steroid dienone is 2. The molecule has 2 atom stereocenters. The summed E-state index contributed by atoms with van der Waals surface area (Å²) < 4.78 is 13.9. The van der Waals surface area contributed by atoms with Gasteiger partial charge in [0.15, 0.2) is 0 Å². The quantitative estimate of drug-likeness (QED) is 0.121. The highest BCUT2D eigenvalue weighted by Crippen LogP contribution is 2.46. The van der Waals surface area contributed by atoms with Gasteiger partial charge in [-0.05, 0) is 114 Å². The summed E-state index contributed by atoms with van der Waals surface area (Å²) in [6.07, 6.45) is 10.7. The van der Waals surface area contributed by atoms with E-state index in [1.807, 2.05) is 12.3 Å². The van der Waals surface area contributed by atoms with Crippen LogP contribution in [0.1, 0.15) is 45.2 Å². The van der Waals surface area contributed by atoms with Gasteiger partial charge in [0.1, 0.15) is 5.82 Å². The number of fused-ring (bicyclic) bond motifs is 8. The van der Waals surface area contributed by atoms with Crippen molar-refractivity contribution in [1.29, 1.82) is 0 Å². The summed E-state index contributed by atoms with van der Waals surface area (Å²) in [5, 5.41) is 4.85. The van der Waals surface area contributed by atoms with Crippen LogP contribution in [0.3, 0.4) is 0 Å². The summed E-state index contributed by atoms with van der Waals surface area (Å²) >= 11 is 0. The lowest BCUT2D eigenvalue weighted by atomic mass is 9.71. The third-order valence-corrected chi connectivity index (χ3v) is 11.3. The summed E-state index contributed by atoms with van der Waals surface area (Å²) in [6, 6.07) is 57.2. The lowest BCUT2D eigenvalue weighted by Gasteiger charge is -2.32. The van der Waals surface area contributed by atoms with Crippen molar-refractivity contribution in [2.75, 3.05) is 0 Å². The Balaban J connectivity index is 0.890. The zero-order chi connectivity index (χ0) is 36.9. The lowest BCUT2D eigenvalue weighted by molar-refractivity contribution is 0.623. The van der Waals surface area contributed by atoms with Crippen LogP contribution < -0.4 is 0 Å². The van der Waals surface area contributed by atoms with E-state index in [1.54, 1.807) is 12.1 Å². The molecule has 0 aliphatic heterocycles. The standard InChI is InChI=1S/C53H36FN/c1-34(55-33-45-30-43-8-2-3-13-47(43)50-15-5-4-14-48(45)50)38-9-6-11-40(28-38)41-12-7-10-39(29-41)35-16-18-36(19-17-35)42-21-20-37-22-25-51-49-27-24-46(54)31-44(49)23-26-52(51)53(37)32-42/h2-33,51-52H,1H2. The fourth-order valence-corrected chi connectivity index (χ4v) is 8.46. The number of nitrogens with zero attached hydrogens (tertiary/aromatic N) is 1.